The third-order valence-corrected chi connectivity index (χ3v) is 4.71. The third-order valence-electron chi connectivity index (χ3n) is 4.71. The highest BCUT2D eigenvalue weighted by Crippen LogP contribution is 2.40. The van der Waals surface area contributed by atoms with Crippen LogP contribution < -0.4 is 0 Å². The molecule has 1 aliphatic rings. The zero-order chi connectivity index (χ0) is 13.9. The van der Waals surface area contributed by atoms with Crippen molar-refractivity contribution >= 4 is 0 Å². The van der Waals surface area contributed by atoms with Gasteiger partial charge in [-0.05, 0) is 56.8 Å². The van der Waals surface area contributed by atoms with Gasteiger partial charge in [0.25, 0.3) is 0 Å². The molecule has 1 saturated carbocycles. The maximum Gasteiger partial charge on any atom is 0.0499 e. The van der Waals surface area contributed by atoms with Crippen molar-refractivity contribution in [3.05, 3.63) is 34.9 Å². The van der Waals surface area contributed by atoms with Crippen LogP contribution >= 0.6 is 0 Å². The van der Waals surface area contributed by atoms with Crippen LogP contribution in [0.1, 0.15) is 36.0 Å². The number of aryl methyl sites for hydroxylation is 2. The highest BCUT2D eigenvalue weighted by Gasteiger charge is 2.36. The molecular weight excluding hydrogens is 234 g/mol. The number of hydrogen-bond donors (Lipinski definition) is 1. The van der Waals surface area contributed by atoms with E-state index in [4.69, 9.17) is 0 Å². The van der Waals surface area contributed by atoms with Crippen LogP contribution in [0.2, 0.25) is 0 Å². The Kier molecular flexibility index (Phi) is 4.64. The van der Waals surface area contributed by atoms with Crippen molar-refractivity contribution in [1.29, 1.82) is 0 Å². The first-order valence-electron chi connectivity index (χ1n) is 7.40. The Bertz CT molecular complexity index is 418. The summed E-state index contributed by atoms with van der Waals surface area (Å²) in [6, 6.07) is 6.75. The van der Waals surface area contributed by atoms with Crippen molar-refractivity contribution in [3.8, 4) is 0 Å². The van der Waals surface area contributed by atoms with Gasteiger partial charge >= 0.3 is 0 Å². The molecule has 0 atom stereocenters. The number of aliphatic hydroxyl groups is 1. The van der Waals surface area contributed by atoms with Gasteiger partial charge in [0.15, 0.2) is 0 Å². The van der Waals surface area contributed by atoms with Crippen LogP contribution in [0.4, 0.5) is 0 Å². The van der Waals surface area contributed by atoms with E-state index in [-0.39, 0.29) is 5.41 Å². The van der Waals surface area contributed by atoms with E-state index in [1.807, 2.05) is 0 Å². The second kappa shape index (κ2) is 6.06. The second-order valence-electron chi connectivity index (χ2n) is 6.42. The molecule has 1 aromatic carbocycles. The van der Waals surface area contributed by atoms with Crippen LogP contribution in [0.25, 0.3) is 0 Å². The molecule has 0 bridgehead atoms. The molecule has 0 spiro atoms. The number of hydrogen-bond acceptors (Lipinski definition) is 2. The lowest BCUT2D eigenvalue weighted by Crippen LogP contribution is -2.44. The highest BCUT2D eigenvalue weighted by atomic mass is 16.3. The summed E-state index contributed by atoms with van der Waals surface area (Å²) in [6.45, 7) is 6.80. The lowest BCUT2D eigenvalue weighted by molar-refractivity contribution is 0.0149. The Morgan fingerprint density at radius 1 is 1.21 bits per heavy atom. The van der Waals surface area contributed by atoms with Gasteiger partial charge in [-0.3, -0.25) is 0 Å². The number of likely N-dealkylation sites (N-methyl/N-ethyl adjacent to an activating group) is 1. The Balaban J connectivity index is 1.82. The van der Waals surface area contributed by atoms with Gasteiger partial charge in [-0.25, -0.2) is 0 Å². The smallest absolute Gasteiger partial charge is 0.0499 e. The van der Waals surface area contributed by atoms with Gasteiger partial charge in [-0.1, -0.05) is 24.6 Å². The fourth-order valence-electron chi connectivity index (χ4n) is 2.97. The molecule has 2 nitrogen and oxygen atoms in total. The number of benzene rings is 1. The molecule has 2 rings (SSSR count). The molecule has 0 aliphatic heterocycles. The molecular formula is C17H27NO. The predicted octanol–water partition coefficient (Wildman–Crippen LogP) is 2.94. The standard InChI is InChI=1S/C17H27NO/c1-14-5-6-16(11-15(14)2)7-10-18(3)12-17(13-19)8-4-9-17/h5-6,11,19H,4,7-10,12-13H2,1-3H3. The van der Waals surface area contributed by atoms with E-state index < -0.39 is 0 Å². The van der Waals surface area contributed by atoms with Gasteiger partial charge in [-0.2, -0.15) is 0 Å². The molecule has 0 heterocycles. The monoisotopic (exact) mass is 261 g/mol. The average Bonchev–Trinajstić information content (AvgIpc) is 2.35. The van der Waals surface area contributed by atoms with Crippen LogP contribution in [0.3, 0.4) is 0 Å². The first-order valence-corrected chi connectivity index (χ1v) is 7.40. The fourth-order valence-corrected chi connectivity index (χ4v) is 2.97. The van der Waals surface area contributed by atoms with Gasteiger partial charge in [0.1, 0.15) is 0 Å². The van der Waals surface area contributed by atoms with Gasteiger partial charge < -0.3 is 10.0 Å². The normalized spacial score (nSPS) is 17.5. The van der Waals surface area contributed by atoms with E-state index in [9.17, 15) is 5.11 Å². The Morgan fingerprint density at radius 2 is 1.95 bits per heavy atom. The Labute approximate surface area is 117 Å². The van der Waals surface area contributed by atoms with Crippen LogP contribution in [-0.4, -0.2) is 36.8 Å². The topological polar surface area (TPSA) is 23.5 Å². The molecule has 0 radical (unpaired) electrons. The SMILES string of the molecule is Cc1ccc(CCN(C)CC2(CO)CCC2)cc1C. The summed E-state index contributed by atoms with van der Waals surface area (Å²) in [6.07, 6.45) is 4.76. The maximum absolute atomic E-state index is 9.51. The first kappa shape index (κ1) is 14.5. The Morgan fingerprint density at radius 3 is 2.47 bits per heavy atom. The van der Waals surface area contributed by atoms with Gasteiger partial charge in [0.05, 0.1) is 0 Å². The van der Waals surface area contributed by atoms with E-state index in [2.05, 4.69) is 44.0 Å². The van der Waals surface area contributed by atoms with Crippen molar-refractivity contribution in [3.63, 3.8) is 0 Å². The molecule has 106 valence electrons. The average molecular weight is 261 g/mol. The summed E-state index contributed by atoms with van der Waals surface area (Å²) in [5, 5.41) is 9.51. The van der Waals surface area contributed by atoms with E-state index >= 15 is 0 Å². The van der Waals surface area contributed by atoms with Crippen LogP contribution in [0.15, 0.2) is 18.2 Å². The summed E-state index contributed by atoms with van der Waals surface area (Å²) in [5.41, 5.74) is 4.37. The summed E-state index contributed by atoms with van der Waals surface area (Å²) in [7, 11) is 2.18. The minimum absolute atomic E-state index is 0.206. The van der Waals surface area contributed by atoms with Crippen molar-refractivity contribution in [2.45, 2.75) is 39.5 Å². The third kappa shape index (κ3) is 3.58. The summed E-state index contributed by atoms with van der Waals surface area (Å²) >= 11 is 0. The summed E-state index contributed by atoms with van der Waals surface area (Å²) < 4.78 is 0. The largest absolute Gasteiger partial charge is 0.396 e. The molecule has 1 aromatic rings. The van der Waals surface area contributed by atoms with Crippen molar-refractivity contribution in [2.24, 2.45) is 5.41 Å². The first-order chi connectivity index (χ1) is 9.04. The van der Waals surface area contributed by atoms with Crippen LogP contribution in [-0.2, 0) is 6.42 Å². The lowest BCUT2D eigenvalue weighted by atomic mass is 9.69. The molecule has 1 N–H and O–H groups in total. The number of rotatable bonds is 6. The maximum atomic E-state index is 9.51. The minimum Gasteiger partial charge on any atom is -0.396 e. The minimum atomic E-state index is 0.206. The van der Waals surface area contributed by atoms with Crippen molar-refractivity contribution < 1.29 is 5.11 Å². The van der Waals surface area contributed by atoms with Gasteiger partial charge in [0.2, 0.25) is 0 Å². The highest BCUT2D eigenvalue weighted by molar-refractivity contribution is 5.30. The molecule has 0 saturated heterocycles. The van der Waals surface area contributed by atoms with Gasteiger partial charge in [0, 0.05) is 25.1 Å². The molecule has 0 unspecified atom stereocenters. The molecule has 0 amide bonds. The van der Waals surface area contributed by atoms with E-state index in [1.54, 1.807) is 0 Å². The lowest BCUT2D eigenvalue weighted by Gasteiger charge is -2.43. The van der Waals surface area contributed by atoms with Crippen molar-refractivity contribution in [2.75, 3.05) is 26.7 Å². The molecule has 0 aromatic heterocycles. The molecule has 1 fully saturated rings. The second-order valence-corrected chi connectivity index (χ2v) is 6.42. The molecule has 19 heavy (non-hydrogen) atoms. The van der Waals surface area contributed by atoms with E-state index in [0.717, 1.165) is 19.5 Å². The fraction of sp³-hybridized carbons (Fsp3) is 0.647. The zero-order valence-corrected chi connectivity index (χ0v) is 12.6. The van der Waals surface area contributed by atoms with Crippen LogP contribution in [0.5, 0.6) is 0 Å². The Hall–Kier alpha value is -0.860. The number of nitrogens with zero attached hydrogens (tertiary/aromatic N) is 1. The van der Waals surface area contributed by atoms with E-state index in [0.29, 0.717) is 6.61 Å². The van der Waals surface area contributed by atoms with Crippen LogP contribution in [0, 0.1) is 19.3 Å². The summed E-state index contributed by atoms with van der Waals surface area (Å²) in [5.74, 6) is 0. The predicted molar refractivity (Wildman–Crippen MR) is 80.5 cm³/mol. The van der Waals surface area contributed by atoms with Crippen molar-refractivity contribution in [1.82, 2.24) is 4.90 Å². The summed E-state index contributed by atoms with van der Waals surface area (Å²) in [4.78, 5) is 2.38. The molecule has 2 heteroatoms. The quantitative estimate of drug-likeness (QED) is 0.851. The van der Waals surface area contributed by atoms with Gasteiger partial charge in [-0.15, -0.1) is 0 Å². The zero-order valence-electron chi connectivity index (χ0n) is 12.6. The van der Waals surface area contributed by atoms with E-state index in [1.165, 1.54) is 36.0 Å². The number of aliphatic hydroxyl groups excluding tert-OH is 1. The molecule has 1 aliphatic carbocycles.